The predicted octanol–water partition coefficient (Wildman–Crippen LogP) is 2.82. The van der Waals surface area contributed by atoms with Crippen LogP contribution in [-0.4, -0.2) is 27.1 Å². The highest BCUT2D eigenvalue weighted by Gasteiger charge is 2.13. The molecule has 0 radical (unpaired) electrons. The van der Waals surface area contributed by atoms with Crippen molar-refractivity contribution >= 4 is 17.7 Å². The van der Waals surface area contributed by atoms with Crippen LogP contribution >= 0.6 is 11.8 Å². The Morgan fingerprint density at radius 2 is 2.11 bits per heavy atom. The molecule has 1 heterocycles. The molecule has 1 aromatic carbocycles. The standard InChI is InChI=1S/C13H14N2O2S/c1-8-4-5-9(6-12(8)18-3)11-7-10(13(16)17)14-15(11)2/h4-7H,1-3H3,(H,16,17). The summed E-state index contributed by atoms with van der Waals surface area (Å²) in [6.07, 6.45) is 2.03. The second-order valence-electron chi connectivity index (χ2n) is 4.03. The summed E-state index contributed by atoms with van der Waals surface area (Å²) in [7, 11) is 1.75. The third-order valence-corrected chi connectivity index (χ3v) is 3.68. The summed E-state index contributed by atoms with van der Waals surface area (Å²) in [5.74, 6) is -1.01. The van der Waals surface area contributed by atoms with Gasteiger partial charge in [-0.25, -0.2) is 4.79 Å². The van der Waals surface area contributed by atoms with E-state index in [0.717, 1.165) is 11.3 Å². The van der Waals surface area contributed by atoms with E-state index in [-0.39, 0.29) is 5.69 Å². The van der Waals surface area contributed by atoms with Gasteiger partial charge in [0.2, 0.25) is 0 Å². The van der Waals surface area contributed by atoms with Crippen LogP contribution in [0.2, 0.25) is 0 Å². The summed E-state index contributed by atoms with van der Waals surface area (Å²) >= 11 is 1.68. The van der Waals surface area contributed by atoms with Gasteiger partial charge >= 0.3 is 5.97 Å². The Morgan fingerprint density at radius 3 is 2.67 bits per heavy atom. The van der Waals surface area contributed by atoms with Gasteiger partial charge in [-0.3, -0.25) is 4.68 Å². The van der Waals surface area contributed by atoms with Crippen LogP contribution in [0.25, 0.3) is 11.3 Å². The number of carbonyl (C=O) groups is 1. The Labute approximate surface area is 110 Å². The van der Waals surface area contributed by atoms with E-state index in [2.05, 4.69) is 18.1 Å². The van der Waals surface area contributed by atoms with E-state index < -0.39 is 5.97 Å². The molecule has 4 nitrogen and oxygen atoms in total. The predicted molar refractivity (Wildman–Crippen MR) is 72.1 cm³/mol. The molecular weight excluding hydrogens is 248 g/mol. The lowest BCUT2D eigenvalue weighted by atomic mass is 10.1. The summed E-state index contributed by atoms with van der Waals surface area (Å²) in [6.45, 7) is 2.06. The van der Waals surface area contributed by atoms with Gasteiger partial charge in [-0.1, -0.05) is 12.1 Å². The number of aryl methyl sites for hydroxylation is 2. The van der Waals surface area contributed by atoms with E-state index in [1.54, 1.807) is 29.6 Å². The van der Waals surface area contributed by atoms with Gasteiger partial charge in [0.25, 0.3) is 0 Å². The van der Waals surface area contributed by atoms with Crippen molar-refractivity contribution in [3.8, 4) is 11.3 Å². The summed E-state index contributed by atoms with van der Waals surface area (Å²) in [4.78, 5) is 12.1. The molecule has 1 aromatic heterocycles. The lowest BCUT2D eigenvalue weighted by Crippen LogP contribution is -1.99. The molecular formula is C13H14N2O2S. The van der Waals surface area contributed by atoms with E-state index >= 15 is 0 Å². The molecule has 2 rings (SSSR count). The molecule has 5 heteroatoms. The highest BCUT2D eigenvalue weighted by Crippen LogP contribution is 2.27. The van der Waals surface area contributed by atoms with Crippen LogP contribution in [0.3, 0.4) is 0 Å². The second kappa shape index (κ2) is 4.86. The van der Waals surface area contributed by atoms with Crippen LogP contribution in [0.15, 0.2) is 29.2 Å². The third kappa shape index (κ3) is 2.26. The molecule has 0 spiro atoms. The number of carboxylic acids is 1. The van der Waals surface area contributed by atoms with Gasteiger partial charge in [-0.15, -0.1) is 11.8 Å². The lowest BCUT2D eigenvalue weighted by Gasteiger charge is -2.06. The highest BCUT2D eigenvalue weighted by atomic mass is 32.2. The van der Waals surface area contributed by atoms with Crippen molar-refractivity contribution in [3.05, 3.63) is 35.5 Å². The third-order valence-electron chi connectivity index (χ3n) is 2.80. The van der Waals surface area contributed by atoms with Crippen LogP contribution in [0.4, 0.5) is 0 Å². The van der Waals surface area contributed by atoms with Gasteiger partial charge in [-0.05, 0) is 30.9 Å². The van der Waals surface area contributed by atoms with E-state index in [1.807, 2.05) is 18.4 Å². The largest absolute Gasteiger partial charge is 0.476 e. The molecule has 0 aliphatic heterocycles. The van der Waals surface area contributed by atoms with Crippen LogP contribution in [0.1, 0.15) is 16.1 Å². The summed E-state index contributed by atoms with van der Waals surface area (Å²) in [6, 6.07) is 7.67. The Bertz CT molecular complexity index is 605. The number of aromatic carboxylic acids is 1. The average molecular weight is 262 g/mol. The molecule has 94 valence electrons. The van der Waals surface area contributed by atoms with Crippen molar-refractivity contribution < 1.29 is 9.90 Å². The molecule has 0 bridgehead atoms. The monoisotopic (exact) mass is 262 g/mol. The molecule has 0 aliphatic carbocycles. The number of benzene rings is 1. The van der Waals surface area contributed by atoms with Gasteiger partial charge in [0.15, 0.2) is 5.69 Å². The number of rotatable bonds is 3. The maximum absolute atomic E-state index is 10.9. The van der Waals surface area contributed by atoms with Gasteiger partial charge in [0.1, 0.15) is 0 Å². The Morgan fingerprint density at radius 1 is 1.39 bits per heavy atom. The maximum Gasteiger partial charge on any atom is 0.356 e. The first-order valence-electron chi connectivity index (χ1n) is 5.45. The zero-order valence-electron chi connectivity index (χ0n) is 10.5. The van der Waals surface area contributed by atoms with E-state index in [4.69, 9.17) is 5.11 Å². The molecule has 0 aliphatic rings. The number of thioether (sulfide) groups is 1. The normalized spacial score (nSPS) is 10.6. The van der Waals surface area contributed by atoms with E-state index in [9.17, 15) is 4.79 Å². The zero-order valence-corrected chi connectivity index (χ0v) is 11.3. The molecule has 18 heavy (non-hydrogen) atoms. The minimum absolute atomic E-state index is 0.0683. The molecule has 2 aromatic rings. The van der Waals surface area contributed by atoms with Crippen molar-refractivity contribution in [1.82, 2.24) is 9.78 Å². The minimum Gasteiger partial charge on any atom is -0.476 e. The summed E-state index contributed by atoms with van der Waals surface area (Å²) in [5.41, 5.74) is 3.07. The Balaban J connectivity index is 2.51. The van der Waals surface area contributed by atoms with Crippen LogP contribution in [0.5, 0.6) is 0 Å². The first kappa shape index (κ1) is 12.7. The fourth-order valence-electron chi connectivity index (χ4n) is 1.82. The van der Waals surface area contributed by atoms with Gasteiger partial charge in [0, 0.05) is 17.5 Å². The Hall–Kier alpha value is -1.75. The van der Waals surface area contributed by atoms with Crippen molar-refractivity contribution in [2.24, 2.45) is 7.05 Å². The van der Waals surface area contributed by atoms with Crippen molar-refractivity contribution in [2.45, 2.75) is 11.8 Å². The minimum atomic E-state index is -1.01. The lowest BCUT2D eigenvalue weighted by molar-refractivity contribution is 0.0689. The molecule has 0 fully saturated rings. The summed E-state index contributed by atoms with van der Waals surface area (Å²) in [5, 5.41) is 12.9. The van der Waals surface area contributed by atoms with Crippen molar-refractivity contribution in [1.29, 1.82) is 0 Å². The van der Waals surface area contributed by atoms with Crippen LogP contribution < -0.4 is 0 Å². The van der Waals surface area contributed by atoms with Crippen molar-refractivity contribution in [3.63, 3.8) is 0 Å². The maximum atomic E-state index is 10.9. The van der Waals surface area contributed by atoms with Crippen molar-refractivity contribution in [2.75, 3.05) is 6.26 Å². The second-order valence-corrected chi connectivity index (χ2v) is 4.88. The molecule has 1 N–H and O–H groups in total. The van der Waals surface area contributed by atoms with Crippen LogP contribution in [0, 0.1) is 6.92 Å². The highest BCUT2D eigenvalue weighted by molar-refractivity contribution is 7.98. The summed E-state index contributed by atoms with van der Waals surface area (Å²) < 4.78 is 1.60. The van der Waals surface area contributed by atoms with E-state index in [1.165, 1.54) is 10.5 Å². The zero-order chi connectivity index (χ0) is 13.3. The van der Waals surface area contributed by atoms with Gasteiger partial charge in [-0.2, -0.15) is 5.10 Å². The Kier molecular flexibility index (Phi) is 3.43. The SMILES string of the molecule is CSc1cc(-c2cc(C(=O)O)nn2C)ccc1C. The van der Waals surface area contributed by atoms with Crippen LogP contribution in [-0.2, 0) is 7.05 Å². The van der Waals surface area contributed by atoms with Gasteiger partial charge < -0.3 is 5.11 Å². The first-order chi connectivity index (χ1) is 8.52. The first-order valence-corrected chi connectivity index (χ1v) is 6.67. The molecule has 0 saturated heterocycles. The fraction of sp³-hybridized carbons (Fsp3) is 0.231. The molecule has 0 unspecified atom stereocenters. The molecule has 0 atom stereocenters. The fourth-order valence-corrected chi connectivity index (χ4v) is 2.46. The topological polar surface area (TPSA) is 55.1 Å². The average Bonchev–Trinajstić information content (AvgIpc) is 2.72. The quantitative estimate of drug-likeness (QED) is 0.864. The smallest absolute Gasteiger partial charge is 0.356 e. The molecule has 0 saturated carbocycles. The van der Waals surface area contributed by atoms with Gasteiger partial charge in [0.05, 0.1) is 5.69 Å². The molecule has 0 amide bonds. The number of hydrogen-bond acceptors (Lipinski definition) is 3. The number of nitrogens with zero attached hydrogens (tertiary/aromatic N) is 2. The number of hydrogen-bond donors (Lipinski definition) is 1. The number of aromatic nitrogens is 2. The number of carboxylic acid groups (broad SMARTS) is 1. The van der Waals surface area contributed by atoms with E-state index in [0.29, 0.717) is 0 Å².